The summed E-state index contributed by atoms with van der Waals surface area (Å²) in [7, 11) is 0. The average Bonchev–Trinajstić information content (AvgIpc) is 2.33. The van der Waals surface area contributed by atoms with E-state index in [2.05, 4.69) is 0 Å². The van der Waals surface area contributed by atoms with Crippen molar-refractivity contribution in [3.63, 3.8) is 0 Å². The highest BCUT2D eigenvalue weighted by Gasteiger charge is 2.24. The number of nitrogens with zero attached hydrogens (tertiary/aromatic N) is 1. The van der Waals surface area contributed by atoms with Crippen LogP contribution in [0.4, 0.5) is 5.69 Å². The molecule has 5 nitrogen and oxygen atoms in total. The van der Waals surface area contributed by atoms with Crippen LogP contribution in [0.1, 0.15) is 25.7 Å². The molecular formula is C12H15NO4. The molecule has 92 valence electrons. The molecule has 0 aliphatic heterocycles. The first-order chi connectivity index (χ1) is 8.16. The van der Waals surface area contributed by atoms with Gasteiger partial charge in [-0.2, -0.15) is 0 Å². The summed E-state index contributed by atoms with van der Waals surface area (Å²) in [5.74, 6) is 0.571. The molecule has 1 aliphatic rings. The van der Waals surface area contributed by atoms with Gasteiger partial charge in [0.2, 0.25) is 0 Å². The molecule has 0 radical (unpaired) electrons. The second-order valence-electron chi connectivity index (χ2n) is 4.26. The Hall–Kier alpha value is -1.62. The van der Waals surface area contributed by atoms with E-state index in [4.69, 9.17) is 4.74 Å². The fourth-order valence-electron chi connectivity index (χ4n) is 2.04. The molecule has 1 fully saturated rings. The van der Waals surface area contributed by atoms with Crippen LogP contribution < -0.4 is 4.74 Å². The molecule has 2 atom stereocenters. The predicted molar refractivity (Wildman–Crippen MR) is 62.0 cm³/mol. The summed E-state index contributed by atoms with van der Waals surface area (Å²) < 4.78 is 5.63. The van der Waals surface area contributed by atoms with Gasteiger partial charge in [0.25, 0.3) is 5.69 Å². The lowest BCUT2D eigenvalue weighted by atomic mass is 9.95. The summed E-state index contributed by atoms with van der Waals surface area (Å²) in [6.45, 7) is 0. The Bertz CT molecular complexity index is 390. The molecule has 1 aliphatic carbocycles. The van der Waals surface area contributed by atoms with Crippen LogP contribution in [0.25, 0.3) is 0 Å². The molecule has 2 unspecified atom stereocenters. The van der Waals surface area contributed by atoms with Crippen molar-refractivity contribution in [1.29, 1.82) is 0 Å². The quantitative estimate of drug-likeness (QED) is 0.646. The largest absolute Gasteiger partial charge is 0.488 e. The van der Waals surface area contributed by atoms with Gasteiger partial charge in [0.15, 0.2) is 0 Å². The predicted octanol–water partition coefficient (Wildman–Crippen LogP) is 2.28. The third-order valence-corrected chi connectivity index (χ3v) is 3.00. The molecule has 1 aromatic rings. The highest BCUT2D eigenvalue weighted by Crippen LogP contribution is 2.25. The second kappa shape index (κ2) is 5.14. The first-order valence-corrected chi connectivity index (χ1v) is 5.76. The minimum absolute atomic E-state index is 0.0431. The van der Waals surface area contributed by atoms with E-state index >= 15 is 0 Å². The minimum atomic E-state index is -0.445. The highest BCUT2D eigenvalue weighted by atomic mass is 16.6. The van der Waals surface area contributed by atoms with Gasteiger partial charge in [-0.1, -0.05) is 6.42 Å². The van der Waals surface area contributed by atoms with Gasteiger partial charge >= 0.3 is 0 Å². The molecule has 5 heteroatoms. The maximum Gasteiger partial charge on any atom is 0.269 e. The number of hydrogen-bond acceptors (Lipinski definition) is 4. The first kappa shape index (κ1) is 11.9. The maximum absolute atomic E-state index is 10.5. The molecule has 0 saturated heterocycles. The number of aliphatic hydroxyl groups excluding tert-OH is 1. The Morgan fingerprint density at radius 1 is 1.24 bits per heavy atom. The molecular weight excluding hydrogens is 222 g/mol. The summed E-state index contributed by atoms with van der Waals surface area (Å²) in [5.41, 5.74) is 0.0431. The van der Waals surface area contributed by atoms with Crippen LogP contribution in [0.5, 0.6) is 5.75 Å². The van der Waals surface area contributed by atoms with Gasteiger partial charge in [-0.05, 0) is 31.4 Å². The van der Waals surface area contributed by atoms with Crippen LogP contribution in [-0.2, 0) is 0 Å². The average molecular weight is 237 g/mol. The number of hydrogen-bond donors (Lipinski definition) is 1. The smallest absolute Gasteiger partial charge is 0.269 e. The summed E-state index contributed by atoms with van der Waals surface area (Å²) in [6.07, 6.45) is 3.05. The van der Waals surface area contributed by atoms with Gasteiger partial charge in [-0.3, -0.25) is 10.1 Å². The van der Waals surface area contributed by atoms with Gasteiger partial charge < -0.3 is 9.84 Å². The van der Waals surface area contributed by atoms with E-state index < -0.39 is 11.0 Å². The van der Waals surface area contributed by atoms with E-state index in [1.807, 2.05) is 0 Å². The fourth-order valence-corrected chi connectivity index (χ4v) is 2.04. The van der Waals surface area contributed by atoms with Crippen LogP contribution in [0.2, 0.25) is 0 Å². The van der Waals surface area contributed by atoms with Crippen molar-refractivity contribution in [2.75, 3.05) is 0 Å². The molecule has 1 N–H and O–H groups in total. The first-order valence-electron chi connectivity index (χ1n) is 5.76. The maximum atomic E-state index is 10.5. The summed E-state index contributed by atoms with van der Waals surface area (Å²) in [4.78, 5) is 10.0. The molecule has 2 rings (SSSR count). The van der Waals surface area contributed by atoms with E-state index in [0.717, 1.165) is 25.7 Å². The van der Waals surface area contributed by atoms with Gasteiger partial charge in [-0.15, -0.1) is 0 Å². The van der Waals surface area contributed by atoms with E-state index in [1.165, 1.54) is 12.1 Å². The molecule has 1 saturated carbocycles. The normalized spacial score (nSPS) is 24.3. The zero-order valence-corrected chi connectivity index (χ0v) is 9.41. The SMILES string of the molecule is O=[N+]([O-])c1ccc(OC2CCCCC2O)cc1. The lowest BCUT2D eigenvalue weighted by molar-refractivity contribution is -0.384. The third-order valence-electron chi connectivity index (χ3n) is 3.00. The molecule has 0 heterocycles. The zero-order chi connectivity index (χ0) is 12.3. The van der Waals surface area contributed by atoms with E-state index in [1.54, 1.807) is 12.1 Å². The van der Waals surface area contributed by atoms with Crippen LogP contribution in [0, 0.1) is 10.1 Å². The minimum Gasteiger partial charge on any atom is -0.488 e. The van der Waals surface area contributed by atoms with Gasteiger partial charge in [0.1, 0.15) is 11.9 Å². The van der Waals surface area contributed by atoms with Crippen molar-refractivity contribution in [3.8, 4) is 5.75 Å². The fraction of sp³-hybridized carbons (Fsp3) is 0.500. The van der Waals surface area contributed by atoms with Gasteiger partial charge in [0, 0.05) is 12.1 Å². The second-order valence-corrected chi connectivity index (χ2v) is 4.26. The molecule has 0 spiro atoms. The third kappa shape index (κ3) is 2.94. The van der Waals surface area contributed by atoms with Crippen molar-refractivity contribution < 1.29 is 14.8 Å². The Balaban J connectivity index is 2.00. The number of benzene rings is 1. The molecule has 0 bridgehead atoms. The molecule has 0 aromatic heterocycles. The Kier molecular flexibility index (Phi) is 3.58. The number of ether oxygens (including phenoxy) is 1. The number of non-ortho nitro benzene ring substituents is 1. The van der Waals surface area contributed by atoms with Crippen molar-refractivity contribution in [3.05, 3.63) is 34.4 Å². The van der Waals surface area contributed by atoms with E-state index in [-0.39, 0.29) is 11.8 Å². The number of nitro benzene ring substituents is 1. The zero-order valence-electron chi connectivity index (χ0n) is 9.41. The molecule has 0 amide bonds. The monoisotopic (exact) mass is 237 g/mol. The number of aliphatic hydroxyl groups is 1. The Labute approximate surface area is 99.2 Å². The van der Waals surface area contributed by atoms with Crippen molar-refractivity contribution >= 4 is 5.69 Å². The van der Waals surface area contributed by atoms with Crippen LogP contribution in [0.15, 0.2) is 24.3 Å². The summed E-state index contributed by atoms with van der Waals surface area (Å²) in [5, 5.41) is 20.2. The summed E-state index contributed by atoms with van der Waals surface area (Å²) >= 11 is 0. The topological polar surface area (TPSA) is 72.6 Å². The lowest BCUT2D eigenvalue weighted by Crippen LogP contribution is -2.34. The van der Waals surface area contributed by atoms with Crippen LogP contribution in [0.3, 0.4) is 0 Å². The summed E-state index contributed by atoms with van der Waals surface area (Å²) in [6, 6.07) is 5.95. The number of nitro groups is 1. The Morgan fingerprint density at radius 2 is 1.88 bits per heavy atom. The number of rotatable bonds is 3. The van der Waals surface area contributed by atoms with E-state index in [0.29, 0.717) is 5.75 Å². The molecule has 1 aromatic carbocycles. The van der Waals surface area contributed by atoms with Crippen LogP contribution >= 0.6 is 0 Å². The van der Waals surface area contributed by atoms with Gasteiger partial charge in [-0.25, -0.2) is 0 Å². The Morgan fingerprint density at radius 3 is 2.47 bits per heavy atom. The van der Waals surface area contributed by atoms with Crippen molar-refractivity contribution in [2.24, 2.45) is 0 Å². The van der Waals surface area contributed by atoms with Crippen molar-refractivity contribution in [2.45, 2.75) is 37.9 Å². The van der Waals surface area contributed by atoms with Gasteiger partial charge in [0.05, 0.1) is 11.0 Å². The van der Waals surface area contributed by atoms with E-state index in [9.17, 15) is 15.2 Å². The van der Waals surface area contributed by atoms with Crippen LogP contribution in [-0.4, -0.2) is 22.2 Å². The molecule has 17 heavy (non-hydrogen) atoms. The lowest BCUT2D eigenvalue weighted by Gasteiger charge is -2.28. The van der Waals surface area contributed by atoms with Crippen molar-refractivity contribution in [1.82, 2.24) is 0 Å². The standard InChI is InChI=1S/C12H15NO4/c14-11-3-1-2-4-12(11)17-10-7-5-9(6-8-10)13(15)16/h5-8,11-12,14H,1-4H2. The highest BCUT2D eigenvalue weighted by molar-refractivity contribution is 5.36.